The number of ether oxygens (including phenoxy) is 2. The molecule has 1 aliphatic heterocycles. The van der Waals surface area contributed by atoms with E-state index in [-0.39, 0.29) is 24.5 Å². The van der Waals surface area contributed by atoms with Crippen molar-refractivity contribution in [2.24, 2.45) is 0 Å². The molecule has 1 saturated heterocycles. The van der Waals surface area contributed by atoms with Crippen molar-refractivity contribution in [1.82, 2.24) is 14.7 Å². The van der Waals surface area contributed by atoms with E-state index < -0.39 is 15.8 Å². The van der Waals surface area contributed by atoms with Gasteiger partial charge in [-0.15, -0.1) is 0 Å². The van der Waals surface area contributed by atoms with Gasteiger partial charge >= 0.3 is 0 Å². The van der Waals surface area contributed by atoms with Gasteiger partial charge in [-0.25, -0.2) is 27.5 Å². The number of halogens is 1. The van der Waals surface area contributed by atoms with Gasteiger partial charge in [-0.2, -0.15) is 0 Å². The highest BCUT2D eigenvalue weighted by Gasteiger charge is 2.29. The van der Waals surface area contributed by atoms with Gasteiger partial charge in [0, 0.05) is 12.2 Å². The fourth-order valence-corrected chi connectivity index (χ4v) is 3.69. The summed E-state index contributed by atoms with van der Waals surface area (Å²) in [6.07, 6.45) is 3.41. The Morgan fingerprint density at radius 3 is 2.63 bits per heavy atom. The van der Waals surface area contributed by atoms with Crippen molar-refractivity contribution in [3.63, 3.8) is 0 Å². The quantitative estimate of drug-likeness (QED) is 0.773. The van der Waals surface area contributed by atoms with E-state index >= 15 is 0 Å². The van der Waals surface area contributed by atoms with E-state index in [0.29, 0.717) is 24.6 Å². The van der Waals surface area contributed by atoms with Crippen LogP contribution in [-0.2, 0) is 14.8 Å². The van der Waals surface area contributed by atoms with Crippen LogP contribution in [0.3, 0.4) is 0 Å². The van der Waals surface area contributed by atoms with Crippen LogP contribution in [0.4, 0.5) is 4.39 Å². The summed E-state index contributed by atoms with van der Waals surface area (Å²) in [5.74, 6) is 0.587. The molecule has 9 heteroatoms. The van der Waals surface area contributed by atoms with Crippen LogP contribution in [-0.4, -0.2) is 49.5 Å². The number of rotatable bonds is 7. The molecule has 1 aliphatic rings. The Morgan fingerprint density at radius 1 is 1.26 bits per heavy atom. The summed E-state index contributed by atoms with van der Waals surface area (Å²) in [5, 5.41) is 0. The summed E-state index contributed by atoms with van der Waals surface area (Å²) >= 11 is 0. The fraction of sp³-hybridized carbons (Fsp3) is 0.444. The zero-order chi connectivity index (χ0) is 19.3. The number of aromatic nitrogens is 2. The number of nitrogens with zero attached hydrogens (tertiary/aromatic N) is 2. The molecule has 2 heterocycles. The van der Waals surface area contributed by atoms with Crippen LogP contribution < -0.4 is 9.46 Å². The van der Waals surface area contributed by atoms with Crippen LogP contribution in [0.25, 0.3) is 11.4 Å². The van der Waals surface area contributed by atoms with Gasteiger partial charge in [-0.05, 0) is 44.0 Å². The van der Waals surface area contributed by atoms with Gasteiger partial charge in [0.2, 0.25) is 10.0 Å². The van der Waals surface area contributed by atoms with Gasteiger partial charge in [-0.3, -0.25) is 0 Å². The van der Waals surface area contributed by atoms with Crippen molar-refractivity contribution in [2.45, 2.75) is 31.9 Å². The topological polar surface area (TPSA) is 90.4 Å². The Labute approximate surface area is 158 Å². The number of nitrogens with one attached hydrogen (secondary N) is 1. The maximum Gasteiger partial charge on any atom is 0.211 e. The molecule has 0 radical (unpaired) electrons. The maximum atomic E-state index is 12.9. The first-order valence-corrected chi connectivity index (χ1v) is 10.4. The molecule has 1 aromatic carbocycles. The van der Waals surface area contributed by atoms with Crippen molar-refractivity contribution in [2.75, 3.05) is 19.0 Å². The molecule has 7 nitrogen and oxygen atoms in total. The molecule has 0 unspecified atom stereocenters. The molecule has 1 N–H and O–H groups in total. The van der Waals surface area contributed by atoms with Crippen LogP contribution in [0.5, 0.6) is 5.75 Å². The van der Waals surface area contributed by atoms with Crippen molar-refractivity contribution in [3.8, 4) is 17.1 Å². The SMILES string of the molecule is CCS(=O)(=O)N[C@H]1CCCO[C@@H]1COc1ccc(-c2ncc(F)cn2)cc1. The average molecular weight is 395 g/mol. The van der Waals surface area contributed by atoms with Crippen molar-refractivity contribution < 1.29 is 22.3 Å². The highest BCUT2D eigenvalue weighted by Crippen LogP contribution is 2.21. The third-order valence-electron chi connectivity index (χ3n) is 4.30. The van der Waals surface area contributed by atoms with E-state index in [9.17, 15) is 12.8 Å². The molecule has 0 saturated carbocycles. The summed E-state index contributed by atoms with van der Waals surface area (Å²) in [5.41, 5.74) is 0.741. The van der Waals surface area contributed by atoms with E-state index in [2.05, 4.69) is 14.7 Å². The second-order valence-corrected chi connectivity index (χ2v) is 8.28. The smallest absolute Gasteiger partial charge is 0.211 e. The summed E-state index contributed by atoms with van der Waals surface area (Å²) < 4.78 is 50.7. The first kappa shape index (κ1) is 19.7. The minimum absolute atomic E-state index is 0.0317. The Balaban J connectivity index is 1.60. The van der Waals surface area contributed by atoms with Crippen molar-refractivity contribution in [1.29, 1.82) is 0 Å². The first-order chi connectivity index (χ1) is 13.0. The second-order valence-electron chi connectivity index (χ2n) is 6.24. The van der Waals surface area contributed by atoms with Crippen LogP contribution in [0.1, 0.15) is 19.8 Å². The minimum atomic E-state index is -3.30. The second kappa shape index (κ2) is 8.73. The van der Waals surface area contributed by atoms with Crippen LogP contribution >= 0.6 is 0 Å². The molecule has 146 valence electrons. The Hall–Kier alpha value is -2.10. The molecule has 1 fully saturated rings. The van der Waals surface area contributed by atoms with E-state index in [1.165, 1.54) is 0 Å². The molecular weight excluding hydrogens is 373 g/mol. The molecule has 0 bridgehead atoms. The lowest BCUT2D eigenvalue weighted by atomic mass is 10.0. The third kappa shape index (κ3) is 5.44. The van der Waals surface area contributed by atoms with Gasteiger partial charge in [0.05, 0.1) is 24.2 Å². The number of hydrogen-bond acceptors (Lipinski definition) is 6. The normalized spacial score (nSPS) is 20.4. The third-order valence-corrected chi connectivity index (χ3v) is 5.72. The Bertz CT molecular complexity index is 844. The standard InChI is InChI=1S/C18H22FN3O4S/c1-2-27(23,24)22-16-4-3-9-25-17(16)12-26-15-7-5-13(6-8-15)18-20-10-14(19)11-21-18/h5-8,10-11,16-17,22H,2-4,9,12H2,1H3/t16-,17+/m0/s1. The summed E-state index contributed by atoms with van der Waals surface area (Å²) in [6.45, 7) is 2.42. The molecule has 27 heavy (non-hydrogen) atoms. The van der Waals surface area contributed by atoms with E-state index in [1.807, 2.05) is 0 Å². The Morgan fingerprint density at radius 2 is 1.96 bits per heavy atom. The van der Waals surface area contributed by atoms with Gasteiger partial charge in [-0.1, -0.05) is 0 Å². The van der Waals surface area contributed by atoms with Crippen molar-refractivity contribution >= 4 is 10.0 Å². The van der Waals surface area contributed by atoms with E-state index in [0.717, 1.165) is 24.4 Å². The first-order valence-electron chi connectivity index (χ1n) is 8.79. The zero-order valence-electron chi connectivity index (χ0n) is 15.0. The molecule has 3 rings (SSSR count). The maximum absolute atomic E-state index is 12.9. The highest BCUT2D eigenvalue weighted by molar-refractivity contribution is 7.89. The predicted molar refractivity (Wildman–Crippen MR) is 98.3 cm³/mol. The molecule has 1 aromatic heterocycles. The summed E-state index contributed by atoms with van der Waals surface area (Å²) in [6, 6.07) is 6.78. The molecule has 0 amide bonds. The largest absolute Gasteiger partial charge is 0.491 e. The molecule has 0 spiro atoms. The summed E-state index contributed by atoms with van der Waals surface area (Å²) in [7, 11) is -3.30. The van der Waals surface area contributed by atoms with E-state index in [1.54, 1.807) is 31.2 Å². The minimum Gasteiger partial charge on any atom is -0.491 e. The fourth-order valence-electron chi connectivity index (χ4n) is 2.79. The van der Waals surface area contributed by atoms with Gasteiger partial charge in [0.1, 0.15) is 18.5 Å². The molecule has 2 atom stereocenters. The number of benzene rings is 1. The lowest BCUT2D eigenvalue weighted by molar-refractivity contribution is -0.0279. The van der Waals surface area contributed by atoms with Crippen LogP contribution in [0, 0.1) is 5.82 Å². The van der Waals surface area contributed by atoms with Gasteiger partial charge in [0.25, 0.3) is 0 Å². The van der Waals surface area contributed by atoms with E-state index in [4.69, 9.17) is 9.47 Å². The summed E-state index contributed by atoms with van der Waals surface area (Å²) in [4.78, 5) is 7.88. The van der Waals surface area contributed by atoms with Gasteiger partial charge in [0.15, 0.2) is 11.6 Å². The van der Waals surface area contributed by atoms with Crippen molar-refractivity contribution in [3.05, 3.63) is 42.5 Å². The van der Waals surface area contributed by atoms with Crippen LogP contribution in [0.2, 0.25) is 0 Å². The Kier molecular flexibility index (Phi) is 6.35. The number of hydrogen-bond donors (Lipinski definition) is 1. The highest BCUT2D eigenvalue weighted by atomic mass is 32.2. The lowest BCUT2D eigenvalue weighted by Crippen LogP contribution is -2.49. The van der Waals surface area contributed by atoms with Crippen LogP contribution in [0.15, 0.2) is 36.7 Å². The monoisotopic (exact) mass is 395 g/mol. The lowest BCUT2D eigenvalue weighted by Gasteiger charge is -2.31. The molecule has 0 aliphatic carbocycles. The molecular formula is C18H22FN3O4S. The predicted octanol–water partition coefficient (Wildman–Crippen LogP) is 2.15. The number of sulfonamides is 1. The molecule has 2 aromatic rings. The zero-order valence-corrected chi connectivity index (χ0v) is 15.8. The van der Waals surface area contributed by atoms with Gasteiger partial charge < -0.3 is 9.47 Å². The average Bonchev–Trinajstić information content (AvgIpc) is 2.68.